The van der Waals surface area contributed by atoms with Gasteiger partial charge in [0.05, 0.1) is 7.11 Å². The van der Waals surface area contributed by atoms with Gasteiger partial charge in [-0.1, -0.05) is 30.0 Å². The summed E-state index contributed by atoms with van der Waals surface area (Å²) in [6.45, 7) is 0. The zero-order valence-corrected chi connectivity index (χ0v) is 10.8. The SMILES string of the molecule is COc1cccc(Sc2ccc(C(=N)N)cc2)c1. The van der Waals surface area contributed by atoms with Gasteiger partial charge in [-0.3, -0.25) is 5.41 Å². The van der Waals surface area contributed by atoms with Crippen molar-refractivity contribution in [3.05, 3.63) is 54.1 Å². The average Bonchev–Trinajstić information content (AvgIpc) is 2.39. The molecule has 3 N–H and O–H groups in total. The van der Waals surface area contributed by atoms with E-state index in [1.165, 1.54) is 0 Å². The molecule has 2 aromatic carbocycles. The monoisotopic (exact) mass is 258 g/mol. The molecule has 0 aliphatic carbocycles. The van der Waals surface area contributed by atoms with Crippen molar-refractivity contribution in [2.45, 2.75) is 9.79 Å². The highest BCUT2D eigenvalue weighted by atomic mass is 32.2. The lowest BCUT2D eigenvalue weighted by Crippen LogP contribution is -2.10. The van der Waals surface area contributed by atoms with Crippen LogP contribution in [0.4, 0.5) is 0 Å². The minimum Gasteiger partial charge on any atom is -0.497 e. The molecule has 92 valence electrons. The highest BCUT2D eigenvalue weighted by molar-refractivity contribution is 7.99. The van der Waals surface area contributed by atoms with Gasteiger partial charge in [-0.05, 0) is 30.3 Å². The number of amidine groups is 1. The third-order valence-electron chi connectivity index (χ3n) is 2.44. The number of hydrogen-bond acceptors (Lipinski definition) is 3. The summed E-state index contributed by atoms with van der Waals surface area (Å²) in [6.07, 6.45) is 0. The fourth-order valence-corrected chi connectivity index (χ4v) is 2.37. The summed E-state index contributed by atoms with van der Waals surface area (Å²) in [5.74, 6) is 0.938. The molecule has 0 bridgehead atoms. The molecule has 4 heteroatoms. The summed E-state index contributed by atoms with van der Waals surface area (Å²) >= 11 is 1.65. The molecule has 0 amide bonds. The molecule has 0 heterocycles. The van der Waals surface area contributed by atoms with E-state index in [2.05, 4.69) is 0 Å². The van der Waals surface area contributed by atoms with Crippen molar-refractivity contribution in [2.24, 2.45) is 5.73 Å². The molecule has 2 rings (SSSR count). The van der Waals surface area contributed by atoms with E-state index in [9.17, 15) is 0 Å². The third-order valence-corrected chi connectivity index (χ3v) is 3.44. The normalized spacial score (nSPS) is 10.1. The standard InChI is InChI=1S/C14H14N2OS/c1-17-11-3-2-4-13(9-11)18-12-7-5-10(6-8-12)14(15)16/h2-9H,1H3,(H3,15,16). The second-order valence-electron chi connectivity index (χ2n) is 3.72. The van der Waals surface area contributed by atoms with Crippen LogP contribution in [0.2, 0.25) is 0 Å². The van der Waals surface area contributed by atoms with Gasteiger partial charge in [0, 0.05) is 15.4 Å². The second kappa shape index (κ2) is 5.60. The summed E-state index contributed by atoms with van der Waals surface area (Å²) in [6, 6.07) is 15.5. The van der Waals surface area contributed by atoms with Gasteiger partial charge in [-0.15, -0.1) is 0 Å². The maximum Gasteiger partial charge on any atom is 0.122 e. The van der Waals surface area contributed by atoms with Gasteiger partial charge < -0.3 is 10.5 Å². The van der Waals surface area contributed by atoms with Gasteiger partial charge in [0.25, 0.3) is 0 Å². The Balaban J connectivity index is 2.15. The number of nitrogen functional groups attached to an aromatic ring is 1. The largest absolute Gasteiger partial charge is 0.497 e. The lowest BCUT2D eigenvalue weighted by Gasteiger charge is -2.05. The molecule has 0 radical (unpaired) electrons. The van der Waals surface area contributed by atoms with Crippen molar-refractivity contribution in [1.82, 2.24) is 0 Å². The molecule has 0 aromatic heterocycles. The highest BCUT2D eigenvalue weighted by Crippen LogP contribution is 2.29. The molecule has 0 saturated carbocycles. The number of ether oxygens (including phenoxy) is 1. The van der Waals surface area contributed by atoms with E-state index >= 15 is 0 Å². The Labute approximate surface area is 110 Å². The van der Waals surface area contributed by atoms with Crippen molar-refractivity contribution >= 4 is 17.6 Å². The summed E-state index contributed by atoms with van der Waals surface area (Å²) in [5.41, 5.74) is 6.15. The third kappa shape index (κ3) is 3.05. The van der Waals surface area contributed by atoms with Crippen molar-refractivity contribution in [1.29, 1.82) is 5.41 Å². The van der Waals surface area contributed by atoms with Crippen molar-refractivity contribution in [3.63, 3.8) is 0 Å². The minimum absolute atomic E-state index is 0.0907. The maximum atomic E-state index is 7.33. The highest BCUT2D eigenvalue weighted by Gasteiger charge is 2.00. The molecule has 18 heavy (non-hydrogen) atoms. The van der Waals surface area contributed by atoms with Crippen molar-refractivity contribution < 1.29 is 4.74 Å². The number of hydrogen-bond donors (Lipinski definition) is 2. The Kier molecular flexibility index (Phi) is 3.89. The van der Waals surface area contributed by atoms with E-state index in [0.717, 1.165) is 21.1 Å². The van der Waals surface area contributed by atoms with E-state index in [1.54, 1.807) is 18.9 Å². The lowest BCUT2D eigenvalue weighted by molar-refractivity contribution is 0.413. The predicted molar refractivity (Wildman–Crippen MR) is 74.6 cm³/mol. The van der Waals surface area contributed by atoms with Gasteiger partial charge in [-0.2, -0.15) is 0 Å². The number of benzene rings is 2. The minimum atomic E-state index is 0.0907. The molecule has 0 atom stereocenters. The number of nitrogens with two attached hydrogens (primary N) is 1. The fraction of sp³-hybridized carbons (Fsp3) is 0.0714. The molecule has 0 spiro atoms. The summed E-state index contributed by atoms with van der Waals surface area (Å²) in [7, 11) is 1.66. The smallest absolute Gasteiger partial charge is 0.122 e. The Morgan fingerprint density at radius 2 is 1.83 bits per heavy atom. The van der Waals surface area contributed by atoms with Crippen LogP contribution in [-0.4, -0.2) is 12.9 Å². The van der Waals surface area contributed by atoms with Crippen LogP contribution in [-0.2, 0) is 0 Å². The van der Waals surface area contributed by atoms with Crippen molar-refractivity contribution in [3.8, 4) is 5.75 Å². The van der Waals surface area contributed by atoms with Gasteiger partial charge in [0.15, 0.2) is 0 Å². The van der Waals surface area contributed by atoms with Crippen LogP contribution in [0.3, 0.4) is 0 Å². The van der Waals surface area contributed by atoms with Gasteiger partial charge in [0.1, 0.15) is 11.6 Å². The molecule has 0 saturated heterocycles. The van der Waals surface area contributed by atoms with E-state index < -0.39 is 0 Å². The maximum absolute atomic E-state index is 7.33. The second-order valence-corrected chi connectivity index (χ2v) is 4.87. The first-order chi connectivity index (χ1) is 8.69. The topological polar surface area (TPSA) is 59.1 Å². The molecule has 0 unspecified atom stereocenters. The van der Waals surface area contributed by atoms with Crippen LogP contribution in [0.1, 0.15) is 5.56 Å². The molecular formula is C14H14N2OS. The predicted octanol–water partition coefficient (Wildman–Crippen LogP) is 3.13. The molecule has 2 aromatic rings. The van der Waals surface area contributed by atoms with Crippen LogP contribution in [0.15, 0.2) is 58.3 Å². The van der Waals surface area contributed by atoms with Crippen LogP contribution in [0.25, 0.3) is 0 Å². The molecule has 0 fully saturated rings. The van der Waals surface area contributed by atoms with Gasteiger partial charge in [0.2, 0.25) is 0 Å². The molecule has 0 aliphatic rings. The summed E-state index contributed by atoms with van der Waals surface area (Å²) in [5, 5.41) is 7.33. The average molecular weight is 258 g/mol. The van der Waals surface area contributed by atoms with Crippen LogP contribution < -0.4 is 10.5 Å². The van der Waals surface area contributed by atoms with E-state index in [-0.39, 0.29) is 5.84 Å². The number of methoxy groups -OCH3 is 1. The van der Waals surface area contributed by atoms with E-state index in [1.807, 2.05) is 48.5 Å². The molecular weight excluding hydrogens is 244 g/mol. The first-order valence-electron chi connectivity index (χ1n) is 5.45. The lowest BCUT2D eigenvalue weighted by atomic mass is 10.2. The van der Waals surface area contributed by atoms with E-state index in [4.69, 9.17) is 15.9 Å². The quantitative estimate of drug-likeness (QED) is 0.654. The first kappa shape index (κ1) is 12.5. The summed E-state index contributed by atoms with van der Waals surface area (Å²) in [4.78, 5) is 2.22. The van der Waals surface area contributed by atoms with Crippen LogP contribution in [0, 0.1) is 5.41 Å². The Hall–Kier alpha value is -1.94. The Bertz CT molecular complexity index is 552. The number of rotatable bonds is 4. The zero-order chi connectivity index (χ0) is 13.0. The van der Waals surface area contributed by atoms with Crippen molar-refractivity contribution in [2.75, 3.05) is 7.11 Å². The van der Waals surface area contributed by atoms with Crippen LogP contribution in [0.5, 0.6) is 5.75 Å². The molecule has 0 aliphatic heterocycles. The molecule has 3 nitrogen and oxygen atoms in total. The van der Waals surface area contributed by atoms with E-state index in [0.29, 0.717) is 0 Å². The van der Waals surface area contributed by atoms with Gasteiger partial charge in [-0.25, -0.2) is 0 Å². The first-order valence-corrected chi connectivity index (χ1v) is 6.27. The Morgan fingerprint density at radius 1 is 1.11 bits per heavy atom. The Morgan fingerprint density at radius 3 is 2.44 bits per heavy atom. The zero-order valence-electron chi connectivity index (χ0n) is 10.0. The van der Waals surface area contributed by atoms with Crippen LogP contribution >= 0.6 is 11.8 Å². The number of nitrogens with one attached hydrogen (secondary N) is 1. The summed E-state index contributed by atoms with van der Waals surface area (Å²) < 4.78 is 5.19. The fourth-order valence-electron chi connectivity index (χ4n) is 1.50. The van der Waals surface area contributed by atoms with Gasteiger partial charge >= 0.3 is 0 Å².